The fourth-order valence-electron chi connectivity index (χ4n) is 1.96. The van der Waals surface area contributed by atoms with Crippen molar-refractivity contribution < 1.29 is 4.79 Å². The highest BCUT2D eigenvalue weighted by Gasteiger charge is 2.11. The Morgan fingerprint density at radius 3 is 2.82 bits per heavy atom. The first kappa shape index (κ1) is 11.9. The van der Waals surface area contributed by atoms with Crippen LogP contribution < -0.4 is 11.1 Å². The molecule has 2 heterocycles. The quantitative estimate of drug-likeness (QED) is 0.795. The molecule has 17 heavy (non-hydrogen) atoms. The molecule has 2 rings (SSSR count). The lowest BCUT2D eigenvalue weighted by molar-refractivity contribution is 0.0945. The standard InChI is InChI=1S/C12H18N4O/c13-10-3-4-11(15-9-10)12(17)14-5-8-16-6-1-2-7-16/h3-4,9H,1-2,5-8,13H2,(H,14,17). The van der Waals surface area contributed by atoms with E-state index in [0.717, 1.165) is 19.6 Å². The zero-order chi connectivity index (χ0) is 12.1. The van der Waals surface area contributed by atoms with Gasteiger partial charge in [-0.2, -0.15) is 0 Å². The molecule has 0 aliphatic carbocycles. The van der Waals surface area contributed by atoms with Crippen LogP contribution in [-0.4, -0.2) is 42.0 Å². The first-order valence-electron chi connectivity index (χ1n) is 5.98. The van der Waals surface area contributed by atoms with Crippen LogP contribution in [0.4, 0.5) is 5.69 Å². The van der Waals surface area contributed by atoms with Crippen molar-refractivity contribution in [2.45, 2.75) is 12.8 Å². The van der Waals surface area contributed by atoms with Gasteiger partial charge in [-0.05, 0) is 38.1 Å². The van der Waals surface area contributed by atoms with Crippen LogP contribution in [0.1, 0.15) is 23.3 Å². The Kier molecular flexibility index (Phi) is 3.93. The highest BCUT2D eigenvalue weighted by Crippen LogP contribution is 2.05. The summed E-state index contributed by atoms with van der Waals surface area (Å²) in [5.41, 5.74) is 6.49. The molecule has 92 valence electrons. The van der Waals surface area contributed by atoms with Crippen LogP contribution >= 0.6 is 0 Å². The van der Waals surface area contributed by atoms with Gasteiger partial charge in [0.1, 0.15) is 5.69 Å². The summed E-state index contributed by atoms with van der Waals surface area (Å²) in [5.74, 6) is -0.135. The van der Waals surface area contributed by atoms with Gasteiger partial charge in [-0.3, -0.25) is 4.79 Å². The first-order valence-corrected chi connectivity index (χ1v) is 5.98. The van der Waals surface area contributed by atoms with E-state index in [2.05, 4.69) is 15.2 Å². The average Bonchev–Trinajstić information content (AvgIpc) is 2.83. The number of anilines is 1. The molecule has 1 aromatic heterocycles. The number of nitrogen functional groups attached to an aromatic ring is 1. The number of likely N-dealkylation sites (tertiary alicyclic amines) is 1. The molecule has 1 aliphatic rings. The van der Waals surface area contributed by atoms with E-state index in [-0.39, 0.29) is 5.91 Å². The molecule has 0 saturated carbocycles. The molecule has 0 unspecified atom stereocenters. The van der Waals surface area contributed by atoms with E-state index in [1.807, 2.05) is 0 Å². The van der Waals surface area contributed by atoms with Crippen LogP contribution in [0, 0.1) is 0 Å². The van der Waals surface area contributed by atoms with Gasteiger partial charge < -0.3 is 16.0 Å². The van der Waals surface area contributed by atoms with E-state index in [9.17, 15) is 4.79 Å². The fourth-order valence-corrected chi connectivity index (χ4v) is 1.96. The van der Waals surface area contributed by atoms with Crippen LogP contribution in [0.5, 0.6) is 0 Å². The Bertz CT molecular complexity index is 371. The third kappa shape index (κ3) is 3.42. The van der Waals surface area contributed by atoms with Crippen LogP contribution in [-0.2, 0) is 0 Å². The monoisotopic (exact) mass is 234 g/mol. The molecule has 0 atom stereocenters. The molecule has 1 aromatic rings. The molecule has 1 saturated heterocycles. The minimum absolute atomic E-state index is 0.135. The van der Waals surface area contributed by atoms with Gasteiger partial charge in [0.2, 0.25) is 0 Å². The van der Waals surface area contributed by atoms with Gasteiger partial charge in [0.05, 0.1) is 11.9 Å². The SMILES string of the molecule is Nc1ccc(C(=O)NCCN2CCCC2)nc1. The van der Waals surface area contributed by atoms with Gasteiger partial charge in [0, 0.05) is 13.1 Å². The van der Waals surface area contributed by atoms with E-state index in [1.54, 1.807) is 12.1 Å². The second-order valence-electron chi connectivity index (χ2n) is 4.28. The van der Waals surface area contributed by atoms with E-state index >= 15 is 0 Å². The van der Waals surface area contributed by atoms with E-state index < -0.39 is 0 Å². The Hall–Kier alpha value is -1.62. The minimum Gasteiger partial charge on any atom is -0.397 e. The molecule has 1 amide bonds. The Labute approximate surface area is 101 Å². The smallest absolute Gasteiger partial charge is 0.269 e. The van der Waals surface area contributed by atoms with E-state index in [0.29, 0.717) is 17.9 Å². The first-order chi connectivity index (χ1) is 8.25. The maximum atomic E-state index is 11.7. The molecule has 0 aromatic carbocycles. The molecular formula is C12H18N4O. The topological polar surface area (TPSA) is 71.2 Å². The van der Waals surface area contributed by atoms with E-state index in [4.69, 9.17) is 5.73 Å². The van der Waals surface area contributed by atoms with Crippen LogP contribution in [0.3, 0.4) is 0 Å². The molecule has 5 nitrogen and oxygen atoms in total. The van der Waals surface area contributed by atoms with Gasteiger partial charge in [-0.1, -0.05) is 0 Å². The predicted molar refractivity (Wildman–Crippen MR) is 66.7 cm³/mol. The number of nitrogens with two attached hydrogens (primary N) is 1. The van der Waals surface area contributed by atoms with E-state index in [1.165, 1.54) is 19.0 Å². The number of amides is 1. The van der Waals surface area contributed by atoms with Crippen molar-refractivity contribution in [1.82, 2.24) is 15.2 Å². The number of hydrogen-bond donors (Lipinski definition) is 2. The lowest BCUT2D eigenvalue weighted by Crippen LogP contribution is -2.33. The minimum atomic E-state index is -0.135. The Morgan fingerprint density at radius 2 is 2.18 bits per heavy atom. The summed E-state index contributed by atoms with van der Waals surface area (Å²) in [4.78, 5) is 18.0. The maximum Gasteiger partial charge on any atom is 0.269 e. The summed E-state index contributed by atoms with van der Waals surface area (Å²) in [6, 6.07) is 3.32. The number of hydrogen-bond acceptors (Lipinski definition) is 4. The zero-order valence-corrected chi connectivity index (χ0v) is 9.85. The molecule has 0 spiro atoms. The highest BCUT2D eigenvalue weighted by atomic mass is 16.1. The predicted octanol–water partition coefficient (Wildman–Crippen LogP) is 0.489. The number of pyridine rings is 1. The largest absolute Gasteiger partial charge is 0.397 e. The fraction of sp³-hybridized carbons (Fsp3) is 0.500. The number of carbonyl (C=O) groups excluding carboxylic acids is 1. The lowest BCUT2D eigenvalue weighted by Gasteiger charge is -2.14. The highest BCUT2D eigenvalue weighted by molar-refractivity contribution is 5.92. The summed E-state index contributed by atoms with van der Waals surface area (Å²) in [6.07, 6.45) is 4.04. The second-order valence-corrected chi connectivity index (χ2v) is 4.28. The number of nitrogens with zero attached hydrogens (tertiary/aromatic N) is 2. The summed E-state index contributed by atoms with van der Waals surface area (Å²) < 4.78 is 0. The van der Waals surface area contributed by atoms with Gasteiger partial charge in [-0.25, -0.2) is 4.98 Å². The van der Waals surface area contributed by atoms with Crippen molar-refractivity contribution in [3.63, 3.8) is 0 Å². The normalized spacial score (nSPS) is 16.0. The summed E-state index contributed by atoms with van der Waals surface area (Å²) in [6.45, 7) is 3.89. The van der Waals surface area contributed by atoms with Crippen LogP contribution in [0.25, 0.3) is 0 Å². The number of aromatic nitrogens is 1. The van der Waals surface area contributed by atoms with Crippen molar-refractivity contribution in [2.24, 2.45) is 0 Å². The van der Waals surface area contributed by atoms with Crippen molar-refractivity contribution in [2.75, 3.05) is 31.9 Å². The lowest BCUT2D eigenvalue weighted by atomic mass is 10.3. The zero-order valence-electron chi connectivity index (χ0n) is 9.85. The van der Waals surface area contributed by atoms with Gasteiger partial charge in [-0.15, -0.1) is 0 Å². The third-order valence-corrected chi connectivity index (χ3v) is 2.93. The molecule has 5 heteroatoms. The molecule has 1 fully saturated rings. The van der Waals surface area contributed by atoms with Gasteiger partial charge >= 0.3 is 0 Å². The van der Waals surface area contributed by atoms with Crippen molar-refractivity contribution in [3.05, 3.63) is 24.0 Å². The van der Waals surface area contributed by atoms with Gasteiger partial charge in [0.25, 0.3) is 5.91 Å². The number of nitrogens with one attached hydrogen (secondary N) is 1. The number of rotatable bonds is 4. The van der Waals surface area contributed by atoms with Crippen molar-refractivity contribution >= 4 is 11.6 Å². The van der Waals surface area contributed by atoms with Crippen LogP contribution in [0.2, 0.25) is 0 Å². The molecule has 0 radical (unpaired) electrons. The van der Waals surface area contributed by atoms with Gasteiger partial charge in [0.15, 0.2) is 0 Å². The average molecular weight is 234 g/mol. The second kappa shape index (κ2) is 5.63. The van der Waals surface area contributed by atoms with Crippen molar-refractivity contribution in [3.8, 4) is 0 Å². The number of carbonyl (C=O) groups is 1. The molecule has 3 N–H and O–H groups in total. The summed E-state index contributed by atoms with van der Waals surface area (Å²) in [7, 11) is 0. The van der Waals surface area contributed by atoms with Crippen LogP contribution in [0.15, 0.2) is 18.3 Å². The Balaban J connectivity index is 1.75. The Morgan fingerprint density at radius 1 is 1.41 bits per heavy atom. The van der Waals surface area contributed by atoms with Crippen molar-refractivity contribution in [1.29, 1.82) is 0 Å². The third-order valence-electron chi connectivity index (χ3n) is 2.93. The maximum absolute atomic E-state index is 11.7. The molecular weight excluding hydrogens is 216 g/mol. The summed E-state index contributed by atoms with van der Waals surface area (Å²) in [5, 5.41) is 2.86. The molecule has 1 aliphatic heterocycles. The summed E-state index contributed by atoms with van der Waals surface area (Å²) >= 11 is 0. The molecule has 0 bridgehead atoms.